The van der Waals surface area contributed by atoms with E-state index < -0.39 is 0 Å². The fraction of sp³-hybridized carbons (Fsp3) is 0.412. The summed E-state index contributed by atoms with van der Waals surface area (Å²) in [6.45, 7) is 8.15. The van der Waals surface area contributed by atoms with Gasteiger partial charge >= 0.3 is 0 Å². The van der Waals surface area contributed by atoms with E-state index in [1.54, 1.807) is 0 Å². The molecule has 0 fully saturated rings. The van der Waals surface area contributed by atoms with Crippen molar-refractivity contribution >= 4 is 11.5 Å². The summed E-state index contributed by atoms with van der Waals surface area (Å²) in [5.41, 5.74) is 4.62. The Bertz CT molecular complexity index is 558. The Labute approximate surface area is 127 Å². The summed E-state index contributed by atoms with van der Waals surface area (Å²) >= 11 is 0. The standard InChI is InChI=1S/C17H24N4/c1-5-8-18-12-15-6-7-17(20-19-15)21(4)16-10-13(2)9-14(3)11-16/h6-7,9-11,18H,5,8,12H2,1-4H3. The van der Waals surface area contributed by atoms with Gasteiger partial charge in [-0.3, -0.25) is 0 Å². The van der Waals surface area contributed by atoms with E-state index in [4.69, 9.17) is 0 Å². The highest BCUT2D eigenvalue weighted by atomic mass is 15.2. The van der Waals surface area contributed by atoms with Crippen LogP contribution < -0.4 is 10.2 Å². The SMILES string of the molecule is CCCNCc1ccc(N(C)c2cc(C)cc(C)c2)nn1. The molecule has 0 unspecified atom stereocenters. The van der Waals surface area contributed by atoms with Crippen LogP contribution in [0.2, 0.25) is 0 Å². The smallest absolute Gasteiger partial charge is 0.155 e. The lowest BCUT2D eigenvalue weighted by atomic mass is 10.1. The molecule has 0 aliphatic carbocycles. The molecule has 4 nitrogen and oxygen atoms in total. The quantitative estimate of drug-likeness (QED) is 0.826. The Balaban J connectivity index is 2.10. The van der Waals surface area contributed by atoms with Gasteiger partial charge in [0.15, 0.2) is 5.82 Å². The zero-order valence-electron chi connectivity index (χ0n) is 13.3. The van der Waals surface area contributed by atoms with Gasteiger partial charge in [-0.25, -0.2) is 0 Å². The normalized spacial score (nSPS) is 10.7. The van der Waals surface area contributed by atoms with Gasteiger partial charge in [-0.15, -0.1) is 5.10 Å². The van der Waals surface area contributed by atoms with Crippen LogP contribution in [-0.2, 0) is 6.54 Å². The zero-order valence-corrected chi connectivity index (χ0v) is 13.3. The minimum Gasteiger partial charge on any atom is -0.328 e. The van der Waals surface area contributed by atoms with Gasteiger partial charge < -0.3 is 10.2 Å². The molecule has 0 saturated heterocycles. The average Bonchev–Trinajstić information content (AvgIpc) is 2.46. The molecule has 0 radical (unpaired) electrons. The molecule has 112 valence electrons. The molecule has 21 heavy (non-hydrogen) atoms. The molecule has 0 atom stereocenters. The van der Waals surface area contributed by atoms with Crippen LogP contribution in [0.25, 0.3) is 0 Å². The molecule has 0 aliphatic heterocycles. The predicted molar refractivity (Wildman–Crippen MR) is 88.0 cm³/mol. The van der Waals surface area contributed by atoms with Gasteiger partial charge in [0.05, 0.1) is 5.69 Å². The van der Waals surface area contributed by atoms with E-state index in [2.05, 4.69) is 59.4 Å². The maximum atomic E-state index is 4.33. The molecular formula is C17H24N4. The number of anilines is 2. The van der Waals surface area contributed by atoms with Gasteiger partial charge in [-0.2, -0.15) is 5.10 Å². The number of nitrogens with one attached hydrogen (secondary N) is 1. The molecule has 4 heteroatoms. The average molecular weight is 284 g/mol. The summed E-state index contributed by atoms with van der Waals surface area (Å²) in [7, 11) is 2.02. The van der Waals surface area contributed by atoms with Crippen molar-refractivity contribution in [2.45, 2.75) is 33.7 Å². The van der Waals surface area contributed by atoms with Crippen LogP contribution in [0.15, 0.2) is 30.3 Å². The highest BCUT2D eigenvalue weighted by molar-refractivity contribution is 5.60. The first-order valence-corrected chi connectivity index (χ1v) is 7.45. The van der Waals surface area contributed by atoms with Crippen molar-refractivity contribution in [1.82, 2.24) is 15.5 Å². The monoisotopic (exact) mass is 284 g/mol. The molecule has 1 heterocycles. The van der Waals surface area contributed by atoms with Crippen LogP contribution in [-0.4, -0.2) is 23.8 Å². The number of rotatable bonds is 6. The minimum atomic E-state index is 0.772. The van der Waals surface area contributed by atoms with Gasteiger partial charge in [0.2, 0.25) is 0 Å². The molecule has 0 saturated carbocycles. The number of aromatic nitrogens is 2. The number of hydrogen-bond acceptors (Lipinski definition) is 4. The molecule has 1 aromatic heterocycles. The van der Waals surface area contributed by atoms with Crippen molar-refractivity contribution in [2.24, 2.45) is 0 Å². The van der Waals surface area contributed by atoms with Crippen LogP contribution in [0.4, 0.5) is 11.5 Å². The first kappa shape index (κ1) is 15.4. The fourth-order valence-corrected chi connectivity index (χ4v) is 2.30. The van der Waals surface area contributed by atoms with Crippen LogP contribution in [0.3, 0.4) is 0 Å². The Hall–Kier alpha value is -1.94. The Kier molecular flexibility index (Phi) is 5.28. The van der Waals surface area contributed by atoms with Crippen molar-refractivity contribution in [2.75, 3.05) is 18.5 Å². The lowest BCUT2D eigenvalue weighted by Crippen LogP contribution is -2.16. The van der Waals surface area contributed by atoms with Crippen LogP contribution in [0, 0.1) is 13.8 Å². The van der Waals surface area contributed by atoms with Gasteiger partial charge in [-0.1, -0.05) is 13.0 Å². The molecule has 2 rings (SSSR count). The molecule has 1 N–H and O–H groups in total. The summed E-state index contributed by atoms with van der Waals surface area (Å²) in [4.78, 5) is 2.07. The van der Waals surface area contributed by atoms with E-state index in [1.165, 1.54) is 11.1 Å². The van der Waals surface area contributed by atoms with Crippen molar-refractivity contribution < 1.29 is 0 Å². The summed E-state index contributed by atoms with van der Waals surface area (Å²) in [5.74, 6) is 0.860. The molecule has 1 aromatic carbocycles. The highest BCUT2D eigenvalue weighted by Crippen LogP contribution is 2.23. The number of aryl methyl sites for hydroxylation is 2. The summed E-state index contributed by atoms with van der Waals surface area (Å²) in [6, 6.07) is 10.5. The molecule has 0 spiro atoms. The fourth-order valence-electron chi connectivity index (χ4n) is 2.30. The first-order chi connectivity index (χ1) is 10.1. The van der Waals surface area contributed by atoms with Gasteiger partial charge in [0.1, 0.15) is 0 Å². The maximum Gasteiger partial charge on any atom is 0.155 e. The topological polar surface area (TPSA) is 41.0 Å². The maximum absolute atomic E-state index is 4.33. The van der Waals surface area contributed by atoms with Crippen LogP contribution in [0.5, 0.6) is 0 Å². The van der Waals surface area contributed by atoms with Crippen molar-refractivity contribution in [3.8, 4) is 0 Å². The minimum absolute atomic E-state index is 0.772. The van der Waals surface area contributed by atoms with E-state index in [1.807, 2.05) is 19.2 Å². The van der Waals surface area contributed by atoms with Gasteiger partial charge in [-0.05, 0) is 62.2 Å². The van der Waals surface area contributed by atoms with Crippen LogP contribution in [0.1, 0.15) is 30.2 Å². The molecular weight excluding hydrogens is 260 g/mol. The lowest BCUT2D eigenvalue weighted by molar-refractivity contribution is 0.656. The van der Waals surface area contributed by atoms with Crippen molar-refractivity contribution in [1.29, 1.82) is 0 Å². The van der Waals surface area contributed by atoms with E-state index in [0.29, 0.717) is 0 Å². The van der Waals surface area contributed by atoms with E-state index >= 15 is 0 Å². The Morgan fingerprint density at radius 2 is 1.76 bits per heavy atom. The zero-order chi connectivity index (χ0) is 15.2. The van der Waals surface area contributed by atoms with Crippen LogP contribution >= 0.6 is 0 Å². The lowest BCUT2D eigenvalue weighted by Gasteiger charge is -2.19. The summed E-state index contributed by atoms with van der Waals surface area (Å²) < 4.78 is 0. The first-order valence-electron chi connectivity index (χ1n) is 7.45. The molecule has 2 aromatic rings. The molecule has 0 bridgehead atoms. The van der Waals surface area contributed by atoms with E-state index in [9.17, 15) is 0 Å². The van der Waals surface area contributed by atoms with Crippen molar-refractivity contribution in [3.63, 3.8) is 0 Å². The Morgan fingerprint density at radius 1 is 1.05 bits per heavy atom. The second kappa shape index (κ2) is 7.18. The third-order valence-electron chi connectivity index (χ3n) is 3.38. The number of hydrogen-bond donors (Lipinski definition) is 1. The third-order valence-corrected chi connectivity index (χ3v) is 3.38. The number of nitrogens with zero attached hydrogens (tertiary/aromatic N) is 3. The van der Waals surface area contributed by atoms with E-state index in [0.717, 1.165) is 36.7 Å². The van der Waals surface area contributed by atoms with Crippen molar-refractivity contribution in [3.05, 3.63) is 47.2 Å². The van der Waals surface area contributed by atoms with Gasteiger partial charge in [0, 0.05) is 19.3 Å². The number of benzene rings is 1. The van der Waals surface area contributed by atoms with E-state index in [-0.39, 0.29) is 0 Å². The Morgan fingerprint density at radius 3 is 2.33 bits per heavy atom. The predicted octanol–water partition coefficient (Wildman–Crippen LogP) is 3.36. The third kappa shape index (κ3) is 4.26. The summed E-state index contributed by atoms with van der Waals surface area (Å²) in [5, 5.41) is 11.9. The molecule has 0 aliphatic rings. The molecule has 0 amide bonds. The second-order valence-corrected chi connectivity index (χ2v) is 5.46. The highest BCUT2D eigenvalue weighted by Gasteiger charge is 2.07. The second-order valence-electron chi connectivity index (χ2n) is 5.46. The van der Waals surface area contributed by atoms with Gasteiger partial charge in [0.25, 0.3) is 0 Å². The summed E-state index contributed by atoms with van der Waals surface area (Å²) in [6.07, 6.45) is 1.13. The largest absolute Gasteiger partial charge is 0.328 e.